The number of rotatable bonds is 6. The van der Waals surface area contributed by atoms with E-state index in [4.69, 9.17) is 25.9 Å². The van der Waals surface area contributed by atoms with Crippen LogP contribution in [-0.4, -0.2) is 35.3 Å². The van der Waals surface area contributed by atoms with Gasteiger partial charge in [0.15, 0.2) is 0 Å². The molecule has 3 aromatic rings. The van der Waals surface area contributed by atoms with E-state index in [2.05, 4.69) is 5.10 Å². The molecule has 2 heterocycles. The van der Waals surface area contributed by atoms with Crippen LogP contribution in [0.3, 0.4) is 0 Å². The van der Waals surface area contributed by atoms with E-state index in [-0.39, 0.29) is 28.7 Å². The van der Waals surface area contributed by atoms with Gasteiger partial charge in [0.25, 0.3) is 5.91 Å². The molecule has 1 amide bonds. The van der Waals surface area contributed by atoms with Crippen LogP contribution in [0.2, 0.25) is 5.02 Å². The largest absolute Gasteiger partial charge is 0.478 e. The molecule has 0 spiro atoms. The minimum atomic E-state index is -1.05. The van der Waals surface area contributed by atoms with E-state index in [0.717, 1.165) is 0 Å². The van der Waals surface area contributed by atoms with Crippen molar-refractivity contribution in [1.82, 2.24) is 0 Å². The third-order valence-electron chi connectivity index (χ3n) is 5.08. The number of halogens is 1. The van der Waals surface area contributed by atoms with Crippen LogP contribution in [0, 0.1) is 0 Å². The molecule has 0 bridgehead atoms. The van der Waals surface area contributed by atoms with Gasteiger partial charge < -0.3 is 14.3 Å². The molecule has 8 nitrogen and oxygen atoms in total. The van der Waals surface area contributed by atoms with Gasteiger partial charge in [-0.15, -0.1) is 0 Å². The minimum absolute atomic E-state index is 0.114. The van der Waals surface area contributed by atoms with Crippen LogP contribution in [0.1, 0.15) is 40.3 Å². The zero-order valence-electron chi connectivity index (χ0n) is 18.2. The van der Waals surface area contributed by atoms with Crippen molar-refractivity contribution in [3.05, 3.63) is 82.1 Å². The van der Waals surface area contributed by atoms with Gasteiger partial charge in [0, 0.05) is 5.56 Å². The summed E-state index contributed by atoms with van der Waals surface area (Å²) in [6.45, 7) is 3.64. The maximum absolute atomic E-state index is 13.0. The van der Waals surface area contributed by atoms with Crippen molar-refractivity contribution >= 4 is 46.9 Å². The second-order valence-electron chi connectivity index (χ2n) is 7.33. The number of esters is 1. The van der Waals surface area contributed by atoms with Crippen LogP contribution in [0.25, 0.3) is 17.4 Å². The number of amides is 1. The van der Waals surface area contributed by atoms with Crippen LogP contribution in [0.4, 0.5) is 5.69 Å². The Balaban J connectivity index is 1.58. The molecule has 0 atom stereocenters. The van der Waals surface area contributed by atoms with Crippen LogP contribution < -0.4 is 5.01 Å². The van der Waals surface area contributed by atoms with Gasteiger partial charge in [-0.25, -0.2) is 9.59 Å². The first-order valence-corrected chi connectivity index (χ1v) is 10.7. The molecule has 0 fully saturated rings. The molecule has 1 aliphatic heterocycles. The van der Waals surface area contributed by atoms with Gasteiger partial charge in [-0.05, 0) is 74.5 Å². The number of carbonyl (C=O) groups excluding carboxylic acids is 2. The van der Waals surface area contributed by atoms with Crippen molar-refractivity contribution in [3.8, 4) is 11.3 Å². The molecule has 1 aromatic heterocycles. The van der Waals surface area contributed by atoms with Crippen molar-refractivity contribution in [2.45, 2.75) is 13.8 Å². The number of carbonyl (C=O) groups is 3. The summed E-state index contributed by atoms with van der Waals surface area (Å²) in [6.07, 6.45) is 1.58. The van der Waals surface area contributed by atoms with E-state index in [0.29, 0.717) is 34.1 Å². The standard InChI is InChI=1S/C25H19ClN2O6/c1-3-33-25(32)20-12-16(6-10-21(20)26)22-11-9-18(34-22)13-19-14(2)27-28(23(19)29)17-7-4-15(5-8-17)24(30)31/h4-13H,3H2,1-2H3,(H,30,31). The van der Waals surface area contributed by atoms with Gasteiger partial charge in [-0.2, -0.15) is 10.1 Å². The molecule has 0 aliphatic carbocycles. The molecule has 0 radical (unpaired) electrons. The summed E-state index contributed by atoms with van der Waals surface area (Å²) in [7, 11) is 0. The molecule has 9 heteroatoms. The van der Waals surface area contributed by atoms with Crippen molar-refractivity contribution in [1.29, 1.82) is 0 Å². The first-order valence-electron chi connectivity index (χ1n) is 10.3. The normalized spacial score (nSPS) is 14.4. The van der Waals surface area contributed by atoms with Gasteiger partial charge in [0.2, 0.25) is 0 Å². The SMILES string of the molecule is CCOC(=O)c1cc(-c2ccc(C=C3C(=O)N(c4ccc(C(=O)O)cc4)N=C3C)o2)ccc1Cl. The first kappa shape index (κ1) is 23.0. The van der Waals surface area contributed by atoms with Gasteiger partial charge in [0.1, 0.15) is 11.5 Å². The summed E-state index contributed by atoms with van der Waals surface area (Å²) in [5, 5.41) is 14.8. The highest BCUT2D eigenvalue weighted by molar-refractivity contribution is 6.33. The summed E-state index contributed by atoms with van der Waals surface area (Å²) in [5.74, 6) is -1.04. The number of hydrogen-bond donors (Lipinski definition) is 1. The monoisotopic (exact) mass is 478 g/mol. The Labute approximate surface area is 199 Å². The van der Waals surface area contributed by atoms with E-state index in [1.54, 1.807) is 50.3 Å². The third kappa shape index (κ3) is 4.49. The number of benzene rings is 2. The Morgan fingerprint density at radius 3 is 2.56 bits per heavy atom. The lowest BCUT2D eigenvalue weighted by Crippen LogP contribution is -2.21. The quantitative estimate of drug-likeness (QED) is 0.381. The molecule has 34 heavy (non-hydrogen) atoms. The van der Waals surface area contributed by atoms with Gasteiger partial charge in [-0.1, -0.05) is 11.6 Å². The molecule has 0 saturated carbocycles. The lowest BCUT2D eigenvalue weighted by atomic mass is 10.1. The van der Waals surface area contributed by atoms with Gasteiger partial charge >= 0.3 is 11.9 Å². The molecule has 1 aliphatic rings. The predicted molar refractivity (Wildman–Crippen MR) is 127 cm³/mol. The second-order valence-corrected chi connectivity index (χ2v) is 7.74. The van der Waals surface area contributed by atoms with Crippen molar-refractivity contribution in [2.24, 2.45) is 5.10 Å². The number of nitrogens with zero attached hydrogens (tertiary/aromatic N) is 2. The number of aromatic carboxylic acids is 1. The fraction of sp³-hybridized carbons (Fsp3) is 0.120. The third-order valence-corrected chi connectivity index (χ3v) is 5.41. The zero-order valence-corrected chi connectivity index (χ0v) is 19.0. The van der Waals surface area contributed by atoms with E-state index in [1.165, 1.54) is 29.3 Å². The lowest BCUT2D eigenvalue weighted by Gasteiger charge is -2.11. The summed E-state index contributed by atoms with van der Waals surface area (Å²) >= 11 is 6.13. The second kappa shape index (κ2) is 9.36. The molecule has 4 rings (SSSR count). The average Bonchev–Trinajstić information content (AvgIpc) is 3.40. The van der Waals surface area contributed by atoms with Gasteiger partial charge in [-0.3, -0.25) is 4.79 Å². The molecular formula is C25H19ClN2O6. The highest BCUT2D eigenvalue weighted by Gasteiger charge is 2.29. The molecule has 1 N–H and O–H groups in total. The van der Waals surface area contributed by atoms with E-state index in [1.807, 2.05) is 0 Å². The number of hydrogen-bond acceptors (Lipinski definition) is 6. The van der Waals surface area contributed by atoms with Crippen molar-refractivity contribution < 1.29 is 28.6 Å². The number of hydrazone groups is 1. The van der Waals surface area contributed by atoms with E-state index >= 15 is 0 Å². The summed E-state index contributed by atoms with van der Waals surface area (Å²) < 4.78 is 10.9. The summed E-state index contributed by atoms with van der Waals surface area (Å²) in [4.78, 5) is 36.1. The van der Waals surface area contributed by atoms with Crippen LogP contribution in [-0.2, 0) is 9.53 Å². The van der Waals surface area contributed by atoms with Crippen molar-refractivity contribution in [3.63, 3.8) is 0 Å². The fourth-order valence-corrected chi connectivity index (χ4v) is 3.57. The Kier molecular flexibility index (Phi) is 6.34. The topological polar surface area (TPSA) is 109 Å². The highest BCUT2D eigenvalue weighted by Crippen LogP contribution is 2.30. The number of ether oxygens (including phenoxy) is 1. The Morgan fingerprint density at radius 1 is 1.15 bits per heavy atom. The van der Waals surface area contributed by atoms with Crippen molar-refractivity contribution in [2.75, 3.05) is 11.6 Å². The number of carboxylic acids is 1. The fourth-order valence-electron chi connectivity index (χ4n) is 3.38. The zero-order chi connectivity index (χ0) is 24.4. The summed E-state index contributed by atoms with van der Waals surface area (Å²) in [6, 6.07) is 14.2. The van der Waals surface area contributed by atoms with E-state index in [9.17, 15) is 14.4 Å². The Hall–Kier alpha value is -4.17. The van der Waals surface area contributed by atoms with Crippen LogP contribution in [0.5, 0.6) is 0 Å². The molecule has 0 saturated heterocycles. The van der Waals surface area contributed by atoms with Gasteiger partial charge in [0.05, 0.1) is 39.7 Å². The Morgan fingerprint density at radius 2 is 1.88 bits per heavy atom. The maximum atomic E-state index is 13.0. The molecule has 0 unspecified atom stereocenters. The first-order chi connectivity index (χ1) is 16.3. The maximum Gasteiger partial charge on any atom is 0.339 e. The number of carboxylic acid groups (broad SMARTS) is 1. The number of anilines is 1. The highest BCUT2D eigenvalue weighted by atomic mass is 35.5. The van der Waals surface area contributed by atoms with Crippen LogP contribution >= 0.6 is 11.6 Å². The van der Waals surface area contributed by atoms with Crippen LogP contribution in [0.15, 0.2) is 69.7 Å². The molecular weight excluding hydrogens is 460 g/mol. The smallest absolute Gasteiger partial charge is 0.339 e. The average molecular weight is 479 g/mol. The molecule has 2 aromatic carbocycles. The minimum Gasteiger partial charge on any atom is -0.478 e. The predicted octanol–water partition coefficient (Wildman–Crippen LogP) is 5.28. The number of furan rings is 1. The lowest BCUT2D eigenvalue weighted by molar-refractivity contribution is -0.114. The molecule has 172 valence electrons. The van der Waals surface area contributed by atoms with E-state index < -0.39 is 11.9 Å². The Bertz CT molecular complexity index is 1350. The summed E-state index contributed by atoms with van der Waals surface area (Å²) in [5.41, 5.74) is 2.25.